The lowest BCUT2D eigenvalue weighted by molar-refractivity contribution is 0.109. The van der Waals surface area contributed by atoms with Gasteiger partial charge in [-0.2, -0.15) is 0 Å². The van der Waals surface area contributed by atoms with Crippen LogP contribution in [-0.2, 0) is 0 Å². The van der Waals surface area contributed by atoms with Crippen molar-refractivity contribution in [1.29, 1.82) is 0 Å². The summed E-state index contributed by atoms with van der Waals surface area (Å²) in [5.41, 5.74) is 5.35. The third-order valence-corrected chi connectivity index (χ3v) is 2.94. The predicted molar refractivity (Wildman–Crippen MR) is 53.4 cm³/mol. The van der Waals surface area contributed by atoms with Crippen LogP contribution in [0.2, 0.25) is 0 Å². The Bertz CT molecular complexity index is 141. The first-order valence-corrected chi connectivity index (χ1v) is 5.34. The van der Waals surface area contributed by atoms with Crippen LogP contribution in [0.1, 0.15) is 26.2 Å². The van der Waals surface area contributed by atoms with Gasteiger partial charge in [-0.3, -0.25) is 0 Å². The van der Waals surface area contributed by atoms with E-state index < -0.39 is 6.17 Å². The van der Waals surface area contributed by atoms with Gasteiger partial charge in [-0.1, -0.05) is 6.92 Å². The topological polar surface area (TPSA) is 29.3 Å². The second-order valence-electron chi connectivity index (χ2n) is 3.89. The van der Waals surface area contributed by atoms with Crippen molar-refractivity contribution in [3.8, 4) is 0 Å². The first-order chi connectivity index (χ1) is 6.27. The number of nitrogens with two attached hydrogens (primary N) is 1. The van der Waals surface area contributed by atoms with Crippen molar-refractivity contribution in [3.05, 3.63) is 0 Å². The van der Waals surface area contributed by atoms with Gasteiger partial charge < -0.3 is 10.6 Å². The Hall–Kier alpha value is -0.150. The molecule has 2 N–H and O–H groups in total. The molecule has 1 saturated heterocycles. The summed E-state index contributed by atoms with van der Waals surface area (Å²) in [5.74, 6) is 0.234. The van der Waals surface area contributed by atoms with Crippen LogP contribution in [0.15, 0.2) is 0 Å². The van der Waals surface area contributed by atoms with E-state index in [1.165, 1.54) is 0 Å². The molecule has 13 heavy (non-hydrogen) atoms. The van der Waals surface area contributed by atoms with Gasteiger partial charge in [0.05, 0.1) is 0 Å². The third kappa shape index (κ3) is 3.24. The van der Waals surface area contributed by atoms with Crippen LogP contribution in [0.5, 0.6) is 0 Å². The van der Waals surface area contributed by atoms with Gasteiger partial charge >= 0.3 is 0 Å². The van der Waals surface area contributed by atoms with Crippen molar-refractivity contribution in [2.45, 2.75) is 32.4 Å². The number of rotatable bonds is 4. The Morgan fingerprint density at radius 3 is 3.00 bits per heavy atom. The second kappa shape index (κ2) is 5.55. The van der Waals surface area contributed by atoms with E-state index in [0.29, 0.717) is 13.0 Å². The zero-order valence-corrected chi connectivity index (χ0v) is 8.51. The maximum atomic E-state index is 13.5. The number of hydrogen-bond acceptors (Lipinski definition) is 2. The molecule has 0 aromatic rings. The molecule has 1 fully saturated rings. The Kier molecular flexibility index (Phi) is 4.67. The molecule has 1 aliphatic rings. The third-order valence-electron chi connectivity index (χ3n) is 2.94. The SMILES string of the molecule is CCN1CCCC(C(F)CCN)C1. The van der Waals surface area contributed by atoms with Crippen LogP contribution in [0.4, 0.5) is 4.39 Å². The molecule has 0 aliphatic carbocycles. The number of piperidine rings is 1. The largest absolute Gasteiger partial charge is 0.330 e. The molecule has 1 rings (SSSR count). The summed E-state index contributed by atoms with van der Waals surface area (Å²) in [4.78, 5) is 2.33. The molecule has 78 valence electrons. The lowest BCUT2D eigenvalue weighted by Gasteiger charge is -2.33. The normalized spacial score (nSPS) is 27.5. The molecule has 0 radical (unpaired) electrons. The maximum absolute atomic E-state index is 13.5. The molecule has 1 aliphatic heterocycles. The molecular formula is C10H21FN2. The van der Waals surface area contributed by atoms with Crippen molar-refractivity contribution >= 4 is 0 Å². The molecule has 2 atom stereocenters. The Balaban J connectivity index is 2.32. The number of nitrogens with zero attached hydrogens (tertiary/aromatic N) is 1. The number of hydrogen-bond donors (Lipinski definition) is 1. The lowest BCUT2D eigenvalue weighted by atomic mass is 9.92. The predicted octanol–water partition coefficient (Wildman–Crippen LogP) is 1.41. The van der Waals surface area contributed by atoms with E-state index in [0.717, 1.165) is 32.5 Å². The first kappa shape index (κ1) is 10.9. The van der Waals surface area contributed by atoms with Gasteiger partial charge in [-0.05, 0) is 38.9 Å². The van der Waals surface area contributed by atoms with Crippen molar-refractivity contribution in [2.24, 2.45) is 11.7 Å². The summed E-state index contributed by atoms with van der Waals surface area (Å²) in [5, 5.41) is 0. The van der Waals surface area contributed by atoms with E-state index in [-0.39, 0.29) is 5.92 Å². The van der Waals surface area contributed by atoms with E-state index >= 15 is 0 Å². The maximum Gasteiger partial charge on any atom is 0.105 e. The fraction of sp³-hybridized carbons (Fsp3) is 1.00. The highest BCUT2D eigenvalue weighted by Crippen LogP contribution is 2.23. The summed E-state index contributed by atoms with van der Waals surface area (Å²) in [7, 11) is 0. The zero-order chi connectivity index (χ0) is 9.68. The van der Waals surface area contributed by atoms with Gasteiger partial charge in [0.2, 0.25) is 0 Å². The molecule has 0 aromatic heterocycles. The van der Waals surface area contributed by atoms with Gasteiger partial charge in [0.25, 0.3) is 0 Å². The number of halogens is 1. The van der Waals surface area contributed by atoms with Crippen molar-refractivity contribution in [2.75, 3.05) is 26.2 Å². The van der Waals surface area contributed by atoms with Crippen molar-refractivity contribution in [3.63, 3.8) is 0 Å². The van der Waals surface area contributed by atoms with Gasteiger partial charge in [0, 0.05) is 12.5 Å². The van der Waals surface area contributed by atoms with Crippen LogP contribution in [0, 0.1) is 5.92 Å². The standard InChI is InChI=1S/C10H21FN2/c1-2-13-7-3-4-9(8-13)10(11)5-6-12/h9-10H,2-8,12H2,1H3. The molecule has 2 nitrogen and oxygen atoms in total. The van der Waals surface area contributed by atoms with Gasteiger partial charge in [-0.25, -0.2) is 4.39 Å². The molecule has 2 unspecified atom stereocenters. The van der Waals surface area contributed by atoms with E-state index in [2.05, 4.69) is 11.8 Å². The Morgan fingerprint density at radius 1 is 1.62 bits per heavy atom. The van der Waals surface area contributed by atoms with E-state index in [1.54, 1.807) is 0 Å². The van der Waals surface area contributed by atoms with E-state index in [9.17, 15) is 4.39 Å². The van der Waals surface area contributed by atoms with Crippen LogP contribution in [0.25, 0.3) is 0 Å². The highest BCUT2D eigenvalue weighted by atomic mass is 19.1. The molecular weight excluding hydrogens is 167 g/mol. The molecule has 1 heterocycles. The van der Waals surface area contributed by atoms with Gasteiger partial charge in [0.15, 0.2) is 0 Å². The molecule has 3 heteroatoms. The fourth-order valence-corrected chi connectivity index (χ4v) is 2.07. The molecule has 0 amide bonds. The average molecular weight is 188 g/mol. The average Bonchev–Trinajstić information content (AvgIpc) is 2.18. The molecule has 0 bridgehead atoms. The van der Waals surface area contributed by atoms with Crippen molar-refractivity contribution < 1.29 is 4.39 Å². The van der Waals surface area contributed by atoms with Crippen LogP contribution >= 0.6 is 0 Å². The van der Waals surface area contributed by atoms with Gasteiger partial charge in [0.1, 0.15) is 6.17 Å². The highest BCUT2D eigenvalue weighted by Gasteiger charge is 2.25. The molecule has 0 saturated carbocycles. The summed E-state index contributed by atoms with van der Waals surface area (Å²) in [6, 6.07) is 0. The first-order valence-electron chi connectivity index (χ1n) is 5.34. The number of alkyl halides is 1. The van der Waals surface area contributed by atoms with Gasteiger partial charge in [-0.15, -0.1) is 0 Å². The van der Waals surface area contributed by atoms with Crippen molar-refractivity contribution in [1.82, 2.24) is 4.90 Å². The summed E-state index contributed by atoms with van der Waals surface area (Å²) in [6.07, 6.45) is 2.03. The second-order valence-corrected chi connectivity index (χ2v) is 3.89. The smallest absolute Gasteiger partial charge is 0.105 e. The quantitative estimate of drug-likeness (QED) is 0.722. The van der Waals surface area contributed by atoms with Crippen LogP contribution in [0.3, 0.4) is 0 Å². The minimum absolute atomic E-state index is 0.234. The summed E-state index contributed by atoms with van der Waals surface area (Å²) < 4.78 is 13.5. The minimum Gasteiger partial charge on any atom is -0.330 e. The minimum atomic E-state index is -0.681. The fourth-order valence-electron chi connectivity index (χ4n) is 2.07. The highest BCUT2D eigenvalue weighted by molar-refractivity contribution is 4.78. The van der Waals surface area contributed by atoms with E-state index in [1.807, 2.05) is 0 Å². The van der Waals surface area contributed by atoms with Crippen LogP contribution in [-0.4, -0.2) is 37.3 Å². The van der Waals surface area contributed by atoms with E-state index in [4.69, 9.17) is 5.73 Å². The Morgan fingerprint density at radius 2 is 2.38 bits per heavy atom. The Labute approximate surface area is 80.3 Å². The van der Waals surface area contributed by atoms with Crippen LogP contribution < -0.4 is 5.73 Å². The number of likely N-dealkylation sites (tertiary alicyclic amines) is 1. The molecule has 0 spiro atoms. The molecule has 0 aromatic carbocycles. The zero-order valence-electron chi connectivity index (χ0n) is 8.51. The lowest BCUT2D eigenvalue weighted by Crippen LogP contribution is -2.39. The summed E-state index contributed by atoms with van der Waals surface area (Å²) >= 11 is 0. The summed E-state index contributed by atoms with van der Waals surface area (Å²) in [6.45, 7) is 5.73. The monoisotopic (exact) mass is 188 g/mol.